The van der Waals surface area contributed by atoms with Gasteiger partial charge in [-0.05, 0) is 45.6 Å². The van der Waals surface area contributed by atoms with Crippen LogP contribution in [-0.4, -0.2) is 89.8 Å². The van der Waals surface area contributed by atoms with Crippen LogP contribution in [0.15, 0.2) is 36.8 Å². The third-order valence-corrected chi connectivity index (χ3v) is 6.14. The molecule has 1 aliphatic heterocycles. The quantitative estimate of drug-likeness (QED) is 0.462. The molecule has 2 N–H and O–H groups in total. The largest absolute Gasteiger partial charge is 0.492 e. The number of carbonyl (C=O) groups is 1. The highest BCUT2D eigenvalue weighted by Crippen LogP contribution is 2.31. The number of pyridine rings is 2. The van der Waals surface area contributed by atoms with Crippen molar-refractivity contribution in [1.29, 1.82) is 5.26 Å². The zero-order chi connectivity index (χ0) is 25.7. The number of rotatable bonds is 9. The van der Waals surface area contributed by atoms with Crippen LogP contribution in [0.3, 0.4) is 0 Å². The number of nitriles is 1. The first kappa shape index (κ1) is 25.2. The van der Waals surface area contributed by atoms with Crippen molar-refractivity contribution in [3.8, 4) is 22.9 Å². The maximum Gasteiger partial charge on any atom is 0.404 e. The van der Waals surface area contributed by atoms with Crippen LogP contribution in [0.5, 0.6) is 5.75 Å². The molecule has 4 rings (SSSR count). The first-order valence-electron chi connectivity index (χ1n) is 11.9. The lowest BCUT2D eigenvalue weighted by atomic mass is 10.0. The van der Waals surface area contributed by atoms with Crippen LogP contribution < -0.4 is 15.0 Å². The molecule has 3 aromatic heterocycles. The molecule has 1 fully saturated rings. The summed E-state index contributed by atoms with van der Waals surface area (Å²) >= 11 is 0. The van der Waals surface area contributed by atoms with E-state index in [1.807, 2.05) is 44.1 Å². The van der Waals surface area contributed by atoms with E-state index in [2.05, 4.69) is 21.4 Å². The van der Waals surface area contributed by atoms with Crippen molar-refractivity contribution < 1.29 is 19.4 Å². The number of amides is 1. The highest BCUT2D eigenvalue weighted by atomic mass is 16.5. The Morgan fingerprint density at radius 1 is 1.36 bits per heavy atom. The molecule has 36 heavy (non-hydrogen) atoms. The number of piperidine rings is 1. The van der Waals surface area contributed by atoms with Crippen molar-refractivity contribution in [2.45, 2.75) is 25.5 Å². The number of hydrogen-bond donors (Lipinski definition) is 2. The van der Waals surface area contributed by atoms with Gasteiger partial charge in [0.25, 0.3) is 0 Å². The summed E-state index contributed by atoms with van der Waals surface area (Å²) in [5.41, 5.74) is 2.82. The second-order valence-corrected chi connectivity index (χ2v) is 8.89. The summed E-state index contributed by atoms with van der Waals surface area (Å²) in [6.07, 6.45) is 4.36. The van der Waals surface area contributed by atoms with E-state index in [1.54, 1.807) is 23.1 Å². The molecule has 0 aromatic carbocycles. The first-order chi connectivity index (χ1) is 17.4. The van der Waals surface area contributed by atoms with Crippen molar-refractivity contribution in [1.82, 2.24) is 24.8 Å². The van der Waals surface area contributed by atoms with Gasteiger partial charge < -0.3 is 29.7 Å². The van der Waals surface area contributed by atoms with Crippen molar-refractivity contribution in [3.63, 3.8) is 0 Å². The first-order valence-corrected chi connectivity index (χ1v) is 11.9. The number of aromatic nitrogens is 3. The predicted molar refractivity (Wildman–Crippen MR) is 134 cm³/mol. The summed E-state index contributed by atoms with van der Waals surface area (Å²) in [6, 6.07) is 7.72. The third kappa shape index (κ3) is 5.67. The second-order valence-electron chi connectivity index (χ2n) is 8.89. The van der Waals surface area contributed by atoms with E-state index in [-0.39, 0.29) is 12.1 Å². The Morgan fingerprint density at radius 2 is 2.19 bits per heavy atom. The number of anilines is 1. The maximum atomic E-state index is 11.3. The van der Waals surface area contributed by atoms with Crippen LogP contribution in [0.1, 0.15) is 18.9 Å². The normalized spacial score (nSPS) is 17.8. The Bertz CT molecular complexity index is 1240. The van der Waals surface area contributed by atoms with Gasteiger partial charge in [-0.3, -0.25) is 0 Å². The fourth-order valence-corrected chi connectivity index (χ4v) is 4.38. The topological polar surface area (TPSA) is 128 Å². The van der Waals surface area contributed by atoms with E-state index in [9.17, 15) is 15.2 Å². The molecule has 1 saturated heterocycles. The van der Waals surface area contributed by atoms with E-state index in [0.29, 0.717) is 49.6 Å². The number of hydrogen-bond acceptors (Lipinski definition) is 8. The number of ether oxygens (including phenoxy) is 2. The van der Waals surface area contributed by atoms with Crippen LogP contribution in [0.25, 0.3) is 16.6 Å². The molecule has 4 heterocycles. The Balaban J connectivity index is 1.57. The predicted octanol–water partition coefficient (Wildman–Crippen LogP) is 2.46. The van der Waals surface area contributed by atoms with Gasteiger partial charge in [0.15, 0.2) is 0 Å². The third-order valence-electron chi connectivity index (χ3n) is 6.14. The minimum Gasteiger partial charge on any atom is -0.492 e. The van der Waals surface area contributed by atoms with E-state index in [0.717, 1.165) is 23.5 Å². The zero-order valence-corrected chi connectivity index (χ0v) is 20.7. The summed E-state index contributed by atoms with van der Waals surface area (Å²) in [5.74, 6) is 1.43. The van der Waals surface area contributed by atoms with Gasteiger partial charge in [0, 0.05) is 37.0 Å². The van der Waals surface area contributed by atoms with Gasteiger partial charge >= 0.3 is 6.09 Å². The standard InChI is InChI=1S/C25H31N7O4/c1-4-35-19-11-20(24-18(12-26)14-28-32(24)15-19)17-5-6-23(27-13-17)31-8-7-21(29-25(33)34)22(16-31)36-10-9-30(2)3/h5-6,11,13-15,21-22,29H,4,7-10,16H2,1-3H3,(H,33,34)/t21-,22-/m0/s1. The Labute approximate surface area is 209 Å². The monoisotopic (exact) mass is 493 g/mol. The molecule has 0 bridgehead atoms. The van der Waals surface area contributed by atoms with E-state index >= 15 is 0 Å². The van der Waals surface area contributed by atoms with Crippen LogP contribution >= 0.6 is 0 Å². The maximum absolute atomic E-state index is 11.3. The summed E-state index contributed by atoms with van der Waals surface area (Å²) < 4.78 is 13.4. The van der Waals surface area contributed by atoms with Gasteiger partial charge in [-0.1, -0.05) is 0 Å². The minimum atomic E-state index is -1.05. The van der Waals surface area contributed by atoms with E-state index in [1.165, 1.54) is 0 Å². The highest BCUT2D eigenvalue weighted by molar-refractivity contribution is 5.85. The lowest BCUT2D eigenvalue weighted by Gasteiger charge is -2.39. The molecule has 0 radical (unpaired) electrons. The molecular formula is C25H31N7O4. The fraction of sp³-hybridized carbons (Fsp3) is 0.440. The molecule has 1 amide bonds. The molecule has 2 atom stereocenters. The van der Waals surface area contributed by atoms with Crippen LogP contribution in [0.2, 0.25) is 0 Å². The lowest BCUT2D eigenvalue weighted by molar-refractivity contribution is 0.0148. The summed E-state index contributed by atoms with van der Waals surface area (Å²) in [6.45, 7) is 4.86. The molecule has 11 heteroatoms. The van der Waals surface area contributed by atoms with Gasteiger partial charge in [-0.25, -0.2) is 14.3 Å². The molecular weight excluding hydrogens is 462 g/mol. The van der Waals surface area contributed by atoms with Gasteiger partial charge in [-0.2, -0.15) is 10.4 Å². The van der Waals surface area contributed by atoms with Crippen molar-refractivity contribution >= 4 is 17.4 Å². The molecule has 3 aromatic rings. The average Bonchev–Trinajstić information content (AvgIpc) is 3.27. The zero-order valence-electron chi connectivity index (χ0n) is 20.7. The van der Waals surface area contributed by atoms with E-state index < -0.39 is 6.09 Å². The van der Waals surface area contributed by atoms with Gasteiger partial charge in [0.2, 0.25) is 0 Å². The SMILES string of the molecule is CCOc1cc(-c2ccc(N3CC[C@H](NC(=O)O)[C@@H](OCCN(C)C)C3)nc2)c2c(C#N)cnn2c1. The van der Waals surface area contributed by atoms with Crippen molar-refractivity contribution in [2.75, 3.05) is 51.8 Å². The molecule has 190 valence electrons. The van der Waals surface area contributed by atoms with Gasteiger partial charge in [0.1, 0.15) is 17.6 Å². The van der Waals surface area contributed by atoms with E-state index in [4.69, 9.17) is 14.5 Å². The molecule has 0 unspecified atom stereocenters. The number of fused-ring (bicyclic) bond motifs is 1. The average molecular weight is 494 g/mol. The summed E-state index contributed by atoms with van der Waals surface area (Å²) in [5, 5.41) is 25.7. The Kier molecular flexibility index (Phi) is 7.87. The summed E-state index contributed by atoms with van der Waals surface area (Å²) in [4.78, 5) is 20.1. The van der Waals surface area contributed by atoms with Crippen LogP contribution in [0.4, 0.5) is 10.6 Å². The van der Waals surface area contributed by atoms with Crippen molar-refractivity contribution in [2.24, 2.45) is 0 Å². The second kappa shape index (κ2) is 11.2. The fourth-order valence-electron chi connectivity index (χ4n) is 4.38. The minimum absolute atomic E-state index is 0.277. The number of nitrogens with zero attached hydrogens (tertiary/aromatic N) is 6. The molecule has 0 aliphatic carbocycles. The number of likely N-dealkylation sites (N-methyl/N-ethyl adjacent to an activating group) is 1. The smallest absolute Gasteiger partial charge is 0.404 e. The Hall–Kier alpha value is -3.88. The van der Waals surface area contributed by atoms with Gasteiger partial charge in [0.05, 0.1) is 48.8 Å². The lowest BCUT2D eigenvalue weighted by Crippen LogP contribution is -2.55. The Morgan fingerprint density at radius 3 is 2.86 bits per heavy atom. The van der Waals surface area contributed by atoms with Gasteiger partial charge in [-0.15, -0.1) is 0 Å². The molecule has 0 spiro atoms. The molecule has 1 aliphatic rings. The number of nitrogens with one attached hydrogen (secondary N) is 1. The highest BCUT2D eigenvalue weighted by Gasteiger charge is 2.32. The molecule has 0 saturated carbocycles. The summed E-state index contributed by atoms with van der Waals surface area (Å²) in [7, 11) is 3.94. The van der Waals surface area contributed by atoms with Crippen LogP contribution in [-0.2, 0) is 4.74 Å². The number of carboxylic acid groups (broad SMARTS) is 1. The van der Waals surface area contributed by atoms with Crippen molar-refractivity contribution in [3.05, 3.63) is 42.4 Å². The van der Waals surface area contributed by atoms with Crippen LogP contribution in [0, 0.1) is 11.3 Å². The molecule has 11 nitrogen and oxygen atoms in total.